The van der Waals surface area contributed by atoms with Crippen molar-refractivity contribution < 1.29 is 19.7 Å². The smallest absolute Gasteiger partial charge is 0.174 e. The van der Waals surface area contributed by atoms with Crippen LogP contribution in [0.25, 0.3) is 0 Å². The highest BCUT2D eigenvalue weighted by Crippen LogP contribution is 2.69. The predicted octanol–water partition coefficient (Wildman–Crippen LogP) is 1.66. The lowest BCUT2D eigenvalue weighted by atomic mass is 9.58. The van der Waals surface area contributed by atoms with E-state index in [0.717, 1.165) is 30.0 Å². The van der Waals surface area contributed by atoms with Crippen LogP contribution in [0.5, 0.6) is 11.5 Å². The number of aromatic hydroxyl groups is 1. The number of likely N-dealkylation sites (tertiary alicyclic amines) is 1. The van der Waals surface area contributed by atoms with E-state index in [1.54, 1.807) is 6.07 Å². The fraction of sp³-hybridized carbons (Fsp3) is 0.650. The molecule has 6 rings (SSSR count). The maximum atomic E-state index is 12.7. The van der Waals surface area contributed by atoms with Gasteiger partial charge in [0.1, 0.15) is 0 Å². The third-order valence-corrected chi connectivity index (χ3v) is 7.54. The van der Waals surface area contributed by atoms with Gasteiger partial charge in [0.2, 0.25) is 0 Å². The van der Waals surface area contributed by atoms with Crippen LogP contribution in [0.1, 0.15) is 43.2 Å². The number of carbonyl (C=O) groups excluding carboxylic acids is 1. The van der Waals surface area contributed by atoms with Crippen molar-refractivity contribution in [3.8, 4) is 11.5 Å². The van der Waals surface area contributed by atoms with E-state index in [9.17, 15) is 15.0 Å². The highest BCUT2D eigenvalue weighted by molar-refractivity contribution is 5.90. The van der Waals surface area contributed by atoms with E-state index in [1.807, 2.05) is 13.0 Å². The molecule has 0 bridgehead atoms. The number of aryl methyl sites for hydroxylation is 1. The molecule has 0 amide bonds. The van der Waals surface area contributed by atoms with Gasteiger partial charge in [0.15, 0.2) is 23.4 Å². The maximum absolute atomic E-state index is 12.7. The van der Waals surface area contributed by atoms with Crippen molar-refractivity contribution in [3.63, 3.8) is 0 Å². The van der Waals surface area contributed by atoms with Gasteiger partial charge in [-0.2, -0.15) is 0 Å². The Bertz CT molecular complexity index is 818. The summed E-state index contributed by atoms with van der Waals surface area (Å²) in [5.41, 5.74) is 0.259. The second kappa shape index (κ2) is 4.21. The van der Waals surface area contributed by atoms with Crippen molar-refractivity contribution in [2.24, 2.45) is 5.92 Å². The number of ether oxygens (including phenoxy) is 1. The number of aliphatic hydroxyl groups is 1. The minimum Gasteiger partial charge on any atom is -0.504 e. The number of phenols is 1. The van der Waals surface area contributed by atoms with Crippen LogP contribution in [0.2, 0.25) is 0 Å². The molecular weight excluding hydrogens is 318 g/mol. The van der Waals surface area contributed by atoms with Gasteiger partial charge < -0.3 is 14.9 Å². The maximum Gasteiger partial charge on any atom is 0.174 e. The molecule has 2 aliphatic heterocycles. The van der Waals surface area contributed by atoms with E-state index in [2.05, 4.69) is 4.90 Å². The Morgan fingerprint density at radius 2 is 2.16 bits per heavy atom. The first-order valence-corrected chi connectivity index (χ1v) is 9.48. The van der Waals surface area contributed by atoms with E-state index >= 15 is 0 Å². The number of fused-ring (bicyclic) bond motifs is 3. The van der Waals surface area contributed by atoms with Crippen molar-refractivity contribution in [3.05, 3.63) is 23.3 Å². The van der Waals surface area contributed by atoms with Crippen LogP contribution in [-0.2, 0) is 10.2 Å². The molecule has 1 aromatic rings. The summed E-state index contributed by atoms with van der Waals surface area (Å²) in [6.07, 6.45) is 3.58. The SMILES string of the molecule is Cc1ccc(O)c2c1[C@]13CC4[C@@H](N4CC4CC4)[C@]1(O)CCC(=O)[C@@H]3O2. The fourth-order valence-electron chi connectivity index (χ4n) is 6.27. The first-order valence-electron chi connectivity index (χ1n) is 9.48. The van der Waals surface area contributed by atoms with Gasteiger partial charge in [-0.3, -0.25) is 9.69 Å². The lowest BCUT2D eigenvalue weighted by Gasteiger charge is -2.48. The lowest BCUT2D eigenvalue weighted by molar-refractivity contribution is -0.149. The Hall–Kier alpha value is -1.59. The number of carbonyl (C=O) groups is 1. The summed E-state index contributed by atoms with van der Waals surface area (Å²) in [7, 11) is 0. The Morgan fingerprint density at radius 1 is 1.36 bits per heavy atom. The van der Waals surface area contributed by atoms with Crippen LogP contribution in [-0.4, -0.2) is 51.2 Å². The van der Waals surface area contributed by atoms with Gasteiger partial charge in [0.25, 0.3) is 0 Å². The zero-order chi connectivity index (χ0) is 17.1. The number of nitrogens with zero attached hydrogens (tertiary/aromatic N) is 1. The van der Waals surface area contributed by atoms with Crippen molar-refractivity contribution in [1.82, 2.24) is 4.90 Å². The number of hydrogen-bond acceptors (Lipinski definition) is 5. The van der Waals surface area contributed by atoms with Crippen molar-refractivity contribution in [2.75, 3.05) is 6.54 Å². The summed E-state index contributed by atoms with van der Waals surface area (Å²) in [5.74, 6) is 1.36. The van der Waals surface area contributed by atoms with Crippen LogP contribution in [0.3, 0.4) is 0 Å². The number of phenolic OH excluding ortho intramolecular Hbond substituents is 1. The lowest BCUT2D eigenvalue weighted by Crippen LogP contribution is -2.64. The van der Waals surface area contributed by atoms with Crippen LogP contribution < -0.4 is 4.74 Å². The highest BCUT2D eigenvalue weighted by Gasteiger charge is 2.81. The van der Waals surface area contributed by atoms with E-state index < -0.39 is 17.1 Å². The minimum absolute atomic E-state index is 0.0646. The molecule has 5 aliphatic rings. The number of rotatable bonds is 2. The molecule has 1 spiro atoms. The standard InChI is InChI=1S/C20H23NO4/c1-10-2-5-13(22)16-15(10)19-8-12-17(21(12)9-11-3-4-11)20(19,24)7-6-14(23)18(19)25-16/h2,5,11-12,17-18,22,24H,3-4,6-9H2,1H3/t12?,17-,18+,19+,20-,21?/m1/s1. The molecule has 1 aromatic carbocycles. The number of Topliss-reactive ketones (excluding diaryl/α,β-unsaturated/α-hetero) is 1. The van der Waals surface area contributed by atoms with Crippen LogP contribution in [0.4, 0.5) is 0 Å². The van der Waals surface area contributed by atoms with E-state index in [0.29, 0.717) is 24.6 Å². The molecule has 5 nitrogen and oxygen atoms in total. The van der Waals surface area contributed by atoms with Gasteiger partial charge in [-0.1, -0.05) is 6.07 Å². The van der Waals surface area contributed by atoms with Crippen LogP contribution in [0.15, 0.2) is 12.1 Å². The number of piperidine rings is 1. The Morgan fingerprint density at radius 3 is 2.92 bits per heavy atom. The zero-order valence-electron chi connectivity index (χ0n) is 14.4. The van der Waals surface area contributed by atoms with Crippen molar-refractivity contribution in [2.45, 2.75) is 68.2 Å². The summed E-state index contributed by atoms with van der Waals surface area (Å²) in [6, 6.07) is 3.98. The molecule has 5 heteroatoms. The number of ketones is 1. The van der Waals surface area contributed by atoms with Gasteiger partial charge in [-0.25, -0.2) is 0 Å². The Kier molecular flexibility index (Phi) is 2.45. The summed E-state index contributed by atoms with van der Waals surface area (Å²) in [4.78, 5) is 15.2. The quantitative estimate of drug-likeness (QED) is 0.801. The number of hydrogen-bond donors (Lipinski definition) is 2. The first kappa shape index (κ1) is 14.6. The fourth-order valence-corrected chi connectivity index (χ4v) is 6.27. The molecule has 3 aliphatic carbocycles. The van der Waals surface area contributed by atoms with Gasteiger partial charge >= 0.3 is 0 Å². The molecule has 6 atom stereocenters. The minimum atomic E-state index is -0.936. The third kappa shape index (κ3) is 1.52. The van der Waals surface area contributed by atoms with E-state index in [-0.39, 0.29) is 17.6 Å². The van der Waals surface area contributed by atoms with Gasteiger partial charge in [0, 0.05) is 24.6 Å². The van der Waals surface area contributed by atoms with Crippen molar-refractivity contribution >= 4 is 5.78 Å². The molecule has 0 aromatic heterocycles. The molecule has 25 heavy (non-hydrogen) atoms. The van der Waals surface area contributed by atoms with Gasteiger partial charge in [-0.05, 0) is 50.2 Å². The topological polar surface area (TPSA) is 69.8 Å². The largest absolute Gasteiger partial charge is 0.504 e. The first-order chi connectivity index (χ1) is 12.0. The van der Waals surface area contributed by atoms with Crippen LogP contribution >= 0.6 is 0 Å². The molecule has 2 N–H and O–H groups in total. The van der Waals surface area contributed by atoms with E-state index in [1.165, 1.54) is 12.8 Å². The molecule has 132 valence electrons. The average Bonchev–Trinajstić information content (AvgIpc) is 3.46. The molecule has 1 saturated heterocycles. The highest BCUT2D eigenvalue weighted by atomic mass is 16.5. The van der Waals surface area contributed by atoms with Gasteiger partial charge in [-0.15, -0.1) is 0 Å². The molecule has 4 fully saturated rings. The van der Waals surface area contributed by atoms with E-state index in [4.69, 9.17) is 4.74 Å². The Labute approximate surface area is 146 Å². The molecular formula is C20H23NO4. The third-order valence-electron chi connectivity index (χ3n) is 7.54. The average molecular weight is 341 g/mol. The molecule has 2 heterocycles. The molecule has 2 unspecified atom stereocenters. The Balaban J connectivity index is 1.51. The van der Waals surface area contributed by atoms with Crippen LogP contribution in [0, 0.1) is 12.8 Å². The number of benzene rings is 1. The summed E-state index contributed by atoms with van der Waals surface area (Å²) >= 11 is 0. The zero-order valence-corrected chi connectivity index (χ0v) is 14.4. The summed E-state index contributed by atoms with van der Waals surface area (Å²) in [5, 5.41) is 22.2. The monoisotopic (exact) mass is 341 g/mol. The summed E-state index contributed by atoms with van der Waals surface area (Å²) < 4.78 is 6.02. The molecule has 3 saturated carbocycles. The summed E-state index contributed by atoms with van der Waals surface area (Å²) in [6.45, 7) is 3.07. The predicted molar refractivity (Wildman–Crippen MR) is 89.8 cm³/mol. The van der Waals surface area contributed by atoms with Crippen molar-refractivity contribution in [1.29, 1.82) is 0 Å². The second-order valence-corrected chi connectivity index (χ2v) is 8.82. The second-order valence-electron chi connectivity index (χ2n) is 8.82. The molecule has 0 radical (unpaired) electrons. The van der Waals surface area contributed by atoms with Gasteiger partial charge in [0.05, 0.1) is 17.1 Å². The normalized spacial score (nSPS) is 46.1.